The van der Waals surface area contributed by atoms with E-state index in [-0.39, 0.29) is 42.0 Å². The molecule has 256 valence electrons. The average molecular weight is 692 g/mol. The van der Waals surface area contributed by atoms with Crippen LogP contribution >= 0.6 is 11.8 Å². The number of aromatic nitrogens is 1. The fraction of sp³-hybridized carbons (Fsp3) is 0.351. The van der Waals surface area contributed by atoms with E-state index in [2.05, 4.69) is 15.6 Å². The van der Waals surface area contributed by atoms with E-state index in [1.165, 1.54) is 18.7 Å². The van der Waals surface area contributed by atoms with Crippen molar-refractivity contribution in [3.05, 3.63) is 83.6 Å². The van der Waals surface area contributed by atoms with Gasteiger partial charge in [-0.2, -0.15) is 5.26 Å². The molecule has 2 N–H and O–H groups in total. The minimum atomic E-state index is -0.659. The molecule has 0 spiro atoms. The van der Waals surface area contributed by atoms with E-state index in [0.29, 0.717) is 60.3 Å². The average Bonchev–Trinajstić information content (AvgIpc) is 3.74. The Kier molecular flexibility index (Phi) is 9.20. The number of ether oxygens (including phenoxy) is 1. The van der Waals surface area contributed by atoms with Gasteiger partial charge in [-0.3, -0.25) is 19.3 Å². The monoisotopic (exact) mass is 691 g/mol. The van der Waals surface area contributed by atoms with Crippen LogP contribution in [0.3, 0.4) is 0 Å². The molecule has 1 aromatic heterocycles. The van der Waals surface area contributed by atoms with Crippen molar-refractivity contribution >= 4 is 46.9 Å². The minimum absolute atomic E-state index is 0.0126. The van der Waals surface area contributed by atoms with Gasteiger partial charge in [0.25, 0.3) is 5.91 Å². The van der Waals surface area contributed by atoms with Gasteiger partial charge in [-0.15, -0.1) is 0 Å². The fourth-order valence-corrected chi connectivity index (χ4v) is 8.51. The summed E-state index contributed by atoms with van der Waals surface area (Å²) in [6.07, 6.45) is 6.12. The summed E-state index contributed by atoms with van der Waals surface area (Å²) in [6, 6.07) is 17.3. The number of amides is 5. The summed E-state index contributed by atoms with van der Waals surface area (Å²) in [5.41, 5.74) is 2.99. The van der Waals surface area contributed by atoms with Gasteiger partial charge in [0.05, 0.1) is 23.5 Å². The maximum absolute atomic E-state index is 13.8. The van der Waals surface area contributed by atoms with Crippen LogP contribution in [-0.4, -0.2) is 75.5 Å². The van der Waals surface area contributed by atoms with E-state index < -0.39 is 17.2 Å². The Balaban J connectivity index is 1.04. The smallest absolute Gasteiger partial charge is 0.327 e. The first-order valence-electron chi connectivity index (χ1n) is 16.8. The van der Waals surface area contributed by atoms with Crippen molar-refractivity contribution in [3.8, 4) is 17.6 Å². The number of thioether (sulfide) groups is 1. The lowest BCUT2D eigenvalue weighted by atomic mass is 9.98. The van der Waals surface area contributed by atoms with Crippen LogP contribution in [0.15, 0.2) is 77.5 Å². The van der Waals surface area contributed by atoms with Crippen molar-refractivity contribution in [2.24, 2.45) is 0 Å². The van der Waals surface area contributed by atoms with Crippen LogP contribution in [0.5, 0.6) is 11.5 Å². The normalized spacial score (nSPS) is 22.8. The van der Waals surface area contributed by atoms with Gasteiger partial charge >= 0.3 is 6.03 Å². The second-order valence-corrected chi connectivity index (χ2v) is 14.1. The Morgan fingerprint density at radius 2 is 1.86 bits per heavy atom. The predicted molar refractivity (Wildman–Crippen MR) is 187 cm³/mol. The van der Waals surface area contributed by atoms with Gasteiger partial charge < -0.3 is 25.2 Å². The molecule has 0 aliphatic carbocycles. The number of aryl methyl sites for hydroxylation is 1. The Morgan fingerprint density at radius 1 is 1.06 bits per heavy atom. The topological polar surface area (TPSA) is 148 Å². The van der Waals surface area contributed by atoms with Gasteiger partial charge in [0.2, 0.25) is 11.8 Å². The number of nitrogens with one attached hydrogen (secondary N) is 2. The Morgan fingerprint density at radius 3 is 2.62 bits per heavy atom. The van der Waals surface area contributed by atoms with Crippen molar-refractivity contribution in [1.29, 1.82) is 5.26 Å². The molecule has 0 radical (unpaired) electrons. The number of para-hydroxylation sites is 1. The number of anilines is 2. The lowest BCUT2D eigenvalue weighted by Gasteiger charge is -2.36. The van der Waals surface area contributed by atoms with Gasteiger partial charge in [0, 0.05) is 44.4 Å². The molecule has 2 fully saturated rings. The number of rotatable bonds is 7. The molecule has 4 atom stereocenters. The summed E-state index contributed by atoms with van der Waals surface area (Å²) in [7, 11) is 0. The van der Waals surface area contributed by atoms with E-state index in [0.717, 1.165) is 17.5 Å². The van der Waals surface area contributed by atoms with Gasteiger partial charge in [-0.1, -0.05) is 30.0 Å². The lowest BCUT2D eigenvalue weighted by Crippen LogP contribution is -2.54. The van der Waals surface area contributed by atoms with Crippen LogP contribution in [0, 0.1) is 18.3 Å². The molecule has 13 heteroatoms. The number of carbonyl (C=O) groups excluding carboxylic acids is 4. The minimum Gasteiger partial charge on any atom is -0.457 e. The van der Waals surface area contributed by atoms with Gasteiger partial charge in [-0.05, 0) is 80.6 Å². The molecule has 7 rings (SSSR count). The number of hydrogen-bond acceptors (Lipinski definition) is 8. The summed E-state index contributed by atoms with van der Waals surface area (Å²) < 4.78 is 5.99. The summed E-state index contributed by atoms with van der Waals surface area (Å²) in [6.45, 7) is 4.75. The third-order valence-electron chi connectivity index (χ3n) is 9.62. The molecule has 12 nitrogen and oxygen atoms in total. The maximum atomic E-state index is 13.8. The zero-order valence-corrected chi connectivity index (χ0v) is 28.6. The number of benzene rings is 2. The van der Waals surface area contributed by atoms with Crippen LogP contribution in [0.2, 0.25) is 0 Å². The summed E-state index contributed by atoms with van der Waals surface area (Å²) in [4.78, 5) is 62.5. The molecule has 5 heterocycles. The van der Waals surface area contributed by atoms with E-state index in [1.54, 1.807) is 33.0 Å². The number of nitriles is 1. The van der Waals surface area contributed by atoms with Crippen LogP contribution in [0.25, 0.3) is 0 Å². The largest absolute Gasteiger partial charge is 0.457 e. The highest BCUT2D eigenvalue weighted by atomic mass is 32.2. The molecule has 0 bridgehead atoms. The second-order valence-electron chi connectivity index (χ2n) is 12.9. The molecule has 3 aromatic rings. The molecule has 5 amide bonds. The van der Waals surface area contributed by atoms with Crippen molar-refractivity contribution in [1.82, 2.24) is 25.4 Å². The number of likely N-dealkylation sites (tertiary alicyclic amines) is 2. The standard InChI is InChI=1S/C37H37N7O5S/c1-22-18-28(49-27-10-4-3-5-11-27)12-13-29(22)44-30-14-15-39-35-31(30)32(41-37(44)48)33(50-35)34(46)40-25-8-6-16-42(21-25)36(47)24(20-38)19-26-9-7-17-43(26)23(2)45/h3-5,10-15,18-19,25-26,32-33H,6-9,16-17,21H2,1-2H3,(H,40,46)(H,41,48)/b24-19+/t25-,26-,32?,33?/m1/s1. The highest BCUT2D eigenvalue weighted by Gasteiger charge is 2.47. The number of urea groups is 1. The Hall–Kier alpha value is -5.35. The molecule has 0 saturated carbocycles. The fourth-order valence-electron chi connectivity index (χ4n) is 7.27. The maximum Gasteiger partial charge on any atom is 0.327 e. The SMILES string of the molecule is CC(=O)N1CCC[C@@H]1/C=C(\C#N)C(=O)N1CCC[C@@H](NC(=O)C2Sc3nccc4c3C2NC(=O)N4c2ccc(Oc3ccccc3)cc2C)C1. The number of hydrogen-bond donors (Lipinski definition) is 2. The summed E-state index contributed by atoms with van der Waals surface area (Å²) >= 11 is 1.31. The Labute approximate surface area is 294 Å². The van der Waals surface area contributed by atoms with Crippen molar-refractivity contribution in [2.45, 2.75) is 67.9 Å². The van der Waals surface area contributed by atoms with Gasteiger partial charge in [0.1, 0.15) is 33.4 Å². The first-order valence-corrected chi connectivity index (χ1v) is 17.7. The first kappa shape index (κ1) is 33.2. The Bertz CT molecular complexity index is 1930. The van der Waals surface area contributed by atoms with Crippen molar-refractivity contribution in [3.63, 3.8) is 0 Å². The molecule has 2 unspecified atom stereocenters. The third kappa shape index (κ3) is 6.38. The third-order valence-corrected chi connectivity index (χ3v) is 10.9. The van der Waals surface area contributed by atoms with Crippen LogP contribution < -0.4 is 20.3 Å². The first-order chi connectivity index (χ1) is 24.2. The van der Waals surface area contributed by atoms with Crippen LogP contribution in [-0.2, 0) is 14.4 Å². The summed E-state index contributed by atoms with van der Waals surface area (Å²) in [5, 5.41) is 16.0. The number of carbonyl (C=O) groups is 4. The zero-order chi connectivity index (χ0) is 34.9. The van der Waals surface area contributed by atoms with Gasteiger partial charge in [-0.25, -0.2) is 9.78 Å². The quantitative estimate of drug-likeness (QED) is 0.256. The molecule has 2 saturated heterocycles. The lowest BCUT2D eigenvalue weighted by molar-refractivity contribution is -0.130. The molecular weight excluding hydrogens is 655 g/mol. The van der Waals surface area contributed by atoms with E-state index in [9.17, 15) is 24.4 Å². The van der Waals surface area contributed by atoms with E-state index >= 15 is 0 Å². The van der Waals surface area contributed by atoms with E-state index in [1.807, 2.05) is 61.5 Å². The number of nitrogens with zero attached hydrogens (tertiary/aromatic N) is 5. The van der Waals surface area contributed by atoms with Crippen LogP contribution in [0.4, 0.5) is 16.2 Å². The highest BCUT2D eigenvalue weighted by molar-refractivity contribution is 8.01. The van der Waals surface area contributed by atoms with Crippen molar-refractivity contribution < 1.29 is 23.9 Å². The molecule has 4 aliphatic rings. The van der Waals surface area contributed by atoms with Crippen LogP contribution in [0.1, 0.15) is 49.8 Å². The van der Waals surface area contributed by atoms with Crippen molar-refractivity contribution in [2.75, 3.05) is 24.5 Å². The predicted octanol–water partition coefficient (Wildman–Crippen LogP) is 5.13. The summed E-state index contributed by atoms with van der Waals surface area (Å²) in [5.74, 6) is 0.631. The van der Waals surface area contributed by atoms with E-state index in [4.69, 9.17) is 4.74 Å². The molecule has 4 aliphatic heterocycles. The number of piperidine rings is 1. The number of pyridine rings is 1. The van der Waals surface area contributed by atoms with Gasteiger partial charge in [0.15, 0.2) is 0 Å². The zero-order valence-electron chi connectivity index (χ0n) is 27.8. The second kappa shape index (κ2) is 13.9. The molecule has 2 aromatic carbocycles. The molecule has 50 heavy (non-hydrogen) atoms. The highest BCUT2D eigenvalue weighted by Crippen LogP contribution is 2.51. The molecular formula is C37H37N7O5S.